The Hall–Kier alpha value is -1.33. The Morgan fingerprint density at radius 2 is 2.33 bits per heavy atom. The van der Waals surface area contributed by atoms with Crippen molar-refractivity contribution in [1.82, 2.24) is 0 Å². The molecule has 3 saturated carbocycles. The highest BCUT2D eigenvalue weighted by molar-refractivity contribution is 5.91. The number of hydrogen-bond acceptors (Lipinski definition) is 2. The fraction of sp³-hybridized carbons (Fsp3) is 0.682. The largest absolute Gasteiger partial charge is 0.377 e. The maximum atomic E-state index is 12.4. The molecule has 0 heterocycles. The van der Waals surface area contributed by atoms with Crippen LogP contribution in [-0.2, 0) is 4.79 Å². The fourth-order valence-electron chi connectivity index (χ4n) is 5.95. The molecule has 3 fully saturated rings. The molecular weight excluding hydrogens is 296 g/mol. The van der Waals surface area contributed by atoms with E-state index in [4.69, 9.17) is 13.3 Å². The number of allylic oxidation sites excluding steroid dienone is 2. The first-order valence-electron chi connectivity index (χ1n) is 11.9. The maximum absolute atomic E-state index is 12.4. The van der Waals surface area contributed by atoms with Crippen molar-refractivity contribution >= 4 is 5.78 Å². The van der Waals surface area contributed by atoms with Gasteiger partial charge >= 0.3 is 0 Å². The highest BCUT2D eigenvalue weighted by Crippen LogP contribution is 2.67. The molecule has 0 bridgehead atoms. The smallest absolute Gasteiger partial charge is 0.155 e. The number of carbonyl (C=O) groups is 1. The van der Waals surface area contributed by atoms with Crippen molar-refractivity contribution in [3.8, 4) is 12.3 Å². The van der Waals surface area contributed by atoms with E-state index in [2.05, 4.69) is 12.5 Å². The minimum atomic E-state index is -2.39. The summed E-state index contributed by atoms with van der Waals surface area (Å²) in [4.78, 5) is 12.4. The van der Waals surface area contributed by atoms with E-state index in [-0.39, 0.29) is 23.8 Å². The number of fused-ring (bicyclic) bond motifs is 5. The van der Waals surface area contributed by atoms with Crippen molar-refractivity contribution in [3.05, 3.63) is 23.8 Å². The Morgan fingerprint density at radius 1 is 1.54 bits per heavy atom. The topological polar surface area (TPSA) is 37.3 Å². The van der Waals surface area contributed by atoms with Crippen LogP contribution >= 0.6 is 0 Å². The monoisotopic (exact) mass is 330 g/mol. The summed E-state index contributed by atoms with van der Waals surface area (Å²) >= 11 is 0. The predicted molar refractivity (Wildman–Crippen MR) is 95.0 cm³/mol. The van der Waals surface area contributed by atoms with E-state index in [0.717, 1.165) is 0 Å². The van der Waals surface area contributed by atoms with Gasteiger partial charge in [-0.2, -0.15) is 0 Å². The van der Waals surface area contributed by atoms with Crippen molar-refractivity contribution < 1.29 is 18.1 Å². The molecule has 0 aliphatic heterocycles. The van der Waals surface area contributed by atoms with Gasteiger partial charge in [0.1, 0.15) is 5.60 Å². The van der Waals surface area contributed by atoms with Gasteiger partial charge in [-0.1, -0.05) is 30.6 Å². The molecule has 4 rings (SSSR count). The van der Waals surface area contributed by atoms with Crippen LogP contribution in [0, 0.1) is 41.4 Å². The first kappa shape index (κ1) is 10.6. The van der Waals surface area contributed by atoms with Crippen LogP contribution in [0.3, 0.4) is 0 Å². The molecule has 0 aromatic carbocycles. The molecule has 1 N–H and O–H groups in total. The highest BCUT2D eigenvalue weighted by atomic mass is 16.3. The standard InChI is InChI=1S/C22H28O2/c1-4-21-13-14(3)20-17-9-7-16(23)12-15(17)6-8-18(20)19(21)10-11-22(21,24)5-2/h2,12,17-20,24H,3-4,6-11,13H2,1H3/t17-,18-,19?,20?,21-,22-/m0/s1/i6D2,7D2,12D,17D. The summed E-state index contributed by atoms with van der Waals surface area (Å²) in [6, 6.07) is -0.698. The Morgan fingerprint density at radius 3 is 3.04 bits per heavy atom. The number of ketones is 1. The molecule has 0 amide bonds. The van der Waals surface area contributed by atoms with Crippen molar-refractivity contribution in [2.24, 2.45) is 29.1 Å². The van der Waals surface area contributed by atoms with Gasteiger partial charge in [0.25, 0.3) is 0 Å². The molecule has 0 spiro atoms. The summed E-state index contributed by atoms with van der Waals surface area (Å²) in [5.74, 6) is -1.28. The van der Waals surface area contributed by atoms with E-state index >= 15 is 0 Å². The fourth-order valence-corrected chi connectivity index (χ4v) is 5.95. The Balaban J connectivity index is 1.92. The number of carbonyl (C=O) groups excluding carboxylic acids is 1. The van der Waals surface area contributed by atoms with E-state index in [0.29, 0.717) is 31.3 Å². The second-order valence-electron chi connectivity index (χ2n) is 7.72. The zero-order valence-corrected chi connectivity index (χ0v) is 14.1. The van der Waals surface area contributed by atoms with E-state index in [1.807, 2.05) is 6.92 Å². The molecule has 2 nitrogen and oxygen atoms in total. The van der Waals surface area contributed by atoms with Crippen LogP contribution in [-0.4, -0.2) is 16.5 Å². The quantitative estimate of drug-likeness (QED) is 0.582. The lowest BCUT2D eigenvalue weighted by molar-refractivity contribution is -0.116. The maximum Gasteiger partial charge on any atom is 0.155 e. The third kappa shape index (κ3) is 1.91. The lowest BCUT2D eigenvalue weighted by Crippen LogP contribution is -2.54. The second kappa shape index (κ2) is 5.33. The third-order valence-electron chi connectivity index (χ3n) is 7.04. The van der Waals surface area contributed by atoms with Gasteiger partial charge in [-0.05, 0) is 74.6 Å². The summed E-state index contributed by atoms with van der Waals surface area (Å²) in [7, 11) is 0. The van der Waals surface area contributed by atoms with Crippen LogP contribution in [0.5, 0.6) is 0 Å². The van der Waals surface area contributed by atoms with Gasteiger partial charge in [-0.3, -0.25) is 4.79 Å². The summed E-state index contributed by atoms with van der Waals surface area (Å²) in [5.41, 5.74) is -1.53. The normalized spacial score (nSPS) is 58.6. The molecule has 4 aliphatic rings. The molecule has 4 aliphatic carbocycles. The van der Waals surface area contributed by atoms with Crippen molar-refractivity contribution in [2.75, 3.05) is 0 Å². The van der Waals surface area contributed by atoms with Crippen LogP contribution in [0.2, 0.25) is 0 Å². The lowest BCUT2D eigenvalue weighted by atomic mass is 9.48. The molecule has 0 aromatic heterocycles. The molecule has 24 heavy (non-hydrogen) atoms. The highest BCUT2D eigenvalue weighted by Gasteiger charge is 2.64. The molecule has 2 heteroatoms. The van der Waals surface area contributed by atoms with Gasteiger partial charge in [0.15, 0.2) is 5.78 Å². The SMILES string of the molecule is [2H]C1=C2C([2H])([2H])C[C@H]3C4CC[C@@](O)(C#C)[C@@]4(CC)CC(=C)C3[C@@]2([2H])CC([2H])([2H])C1=O. The van der Waals surface area contributed by atoms with Gasteiger partial charge in [0.2, 0.25) is 0 Å². The molecule has 0 radical (unpaired) electrons. The molecule has 0 aromatic rings. The van der Waals surface area contributed by atoms with Crippen LogP contribution in [0.1, 0.15) is 66.4 Å². The first-order chi connectivity index (χ1) is 13.7. The van der Waals surface area contributed by atoms with Crippen LogP contribution in [0.15, 0.2) is 23.8 Å². The van der Waals surface area contributed by atoms with Gasteiger partial charge in [0, 0.05) is 18.6 Å². The summed E-state index contributed by atoms with van der Waals surface area (Å²) in [6.07, 6.45) is 2.78. The molecular formula is C22H28O2. The van der Waals surface area contributed by atoms with Gasteiger partial charge in [-0.25, -0.2) is 0 Å². The number of rotatable bonds is 1. The van der Waals surface area contributed by atoms with Crippen molar-refractivity contribution in [2.45, 2.75) is 63.8 Å². The Bertz CT molecular complexity index is 917. The average molecular weight is 331 g/mol. The van der Waals surface area contributed by atoms with Gasteiger partial charge in [-0.15, -0.1) is 6.42 Å². The van der Waals surface area contributed by atoms with E-state index in [1.165, 1.54) is 0 Å². The minimum Gasteiger partial charge on any atom is -0.377 e. The van der Waals surface area contributed by atoms with E-state index < -0.39 is 53.8 Å². The van der Waals surface area contributed by atoms with Crippen LogP contribution < -0.4 is 0 Å². The second-order valence-corrected chi connectivity index (χ2v) is 7.72. The first-order valence-corrected chi connectivity index (χ1v) is 8.85. The molecule has 2 unspecified atom stereocenters. The number of terminal acetylenes is 1. The van der Waals surface area contributed by atoms with Gasteiger partial charge < -0.3 is 5.11 Å². The zero-order chi connectivity index (χ0) is 22.5. The summed E-state index contributed by atoms with van der Waals surface area (Å²) < 4.78 is 51.3. The Kier molecular flexibility index (Phi) is 2.36. The van der Waals surface area contributed by atoms with Crippen LogP contribution in [0.4, 0.5) is 0 Å². The average Bonchev–Trinajstić information content (AvgIpc) is 2.92. The predicted octanol–water partition coefficient (Wildman–Crippen LogP) is 4.05. The lowest BCUT2D eigenvalue weighted by Gasteiger charge is -2.56. The molecule has 0 saturated heterocycles. The van der Waals surface area contributed by atoms with Gasteiger partial charge in [0.05, 0.1) is 1.37 Å². The minimum absolute atomic E-state index is 0.0123. The molecule has 6 atom stereocenters. The number of hydrogen-bond donors (Lipinski definition) is 1. The summed E-state index contributed by atoms with van der Waals surface area (Å²) in [5, 5.41) is 11.3. The van der Waals surface area contributed by atoms with Crippen molar-refractivity contribution in [3.63, 3.8) is 0 Å². The third-order valence-corrected chi connectivity index (χ3v) is 7.04. The Labute approximate surface area is 153 Å². The summed E-state index contributed by atoms with van der Waals surface area (Å²) in [6.45, 7) is 6.18. The van der Waals surface area contributed by atoms with E-state index in [1.54, 1.807) is 0 Å². The van der Waals surface area contributed by atoms with E-state index in [9.17, 15) is 11.3 Å². The molecule has 128 valence electrons. The number of aliphatic hydroxyl groups is 1. The zero-order valence-electron chi connectivity index (χ0n) is 20.1. The van der Waals surface area contributed by atoms with Crippen LogP contribution in [0.25, 0.3) is 0 Å². The van der Waals surface area contributed by atoms with Crippen molar-refractivity contribution in [1.29, 1.82) is 0 Å².